The van der Waals surface area contributed by atoms with Gasteiger partial charge in [0.25, 0.3) is 5.91 Å². The molecule has 0 saturated carbocycles. The Kier molecular flexibility index (Phi) is 4.00. The maximum Gasteiger partial charge on any atom is 0.259 e. The summed E-state index contributed by atoms with van der Waals surface area (Å²) >= 11 is 5.70. The van der Waals surface area contributed by atoms with Gasteiger partial charge in [0.1, 0.15) is 5.82 Å². The van der Waals surface area contributed by atoms with Crippen molar-refractivity contribution in [2.45, 2.75) is 19.8 Å². The van der Waals surface area contributed by atoms with E-state index >= 15 is 0 Å². The van der Waals surface area contributed by atoms with Crippen LogP contribution in [0.1, 0.15) is 34.5 Å². The third-order valence-corrected chi connectivity index (χ3v) is 3.91. The van der Waals surface area contributed by atoms with Crippen LogP contribution in [0.15, 0.2) is 30.6 Å². The number of anilines is 2. The lowest BCUT2D eigenvalue weighted by atomic mass is 10.0. The second-order valence-electron chi connectivity index (χ2n) is 5.29. The largest absolute Gasteiger partial charge is 0.346 e. The molecule has 0 radical (unpaired) electrons. The van der Waals surface area contributed by atoms with E-state index in [2.05, 4.69) is 20.6 Å². The number of carbonyl (C=O) groups is 1. The van der Waals surface area contributed by atoms with E-state index in [-0.39, 0.29) is 22.5 Å². The topological polar surface area (TPSA) is 66.9 Å². The number of halogens is 2. The van der Waals surface area contributed by atoms with Gasteiger partial charge in [-0.25, -0.2) is 9.37 Å². The average molecular weight is 333 g/mol. The van der Waals surface area contributed by atoms with Crippen LogP contribution < -0.4 is 10.6 Å². The minimum atomic E-state index is -0.750. The predicted molar refractivity (Wildman–Crippen MR) is 87.3 cm³/mol. The molecule has 2 aromatic heterocycles. The Bertz CT molecular complexity index is 822. The Morgan fingerprint density at radius 2 is 2.17 bits per heavy atom. The van der Waals surface area contributed by atoms with Gasteiger partial charge in [0, 0.05) is 12.1 Å². The van der Waals surface area contributed by atoms with Crippen LogP contribution in [0.2, 0.25) is 5.15 Å². The van der Waals surface area contributed by atoms with Gasteiger partial charge in [-0.15, -0.1) is 0 Å². The maximum atomic E-state index is 13.7. The Morgan fingerprint density at radius 1 is 1.39 bits per heavy atom. The van der Waals surface area contributed by atoms with Gasteiger partial charge in [-0.05, 0) is 30.8 Å². The van der Waals surface area contributed by atoms with Crippen molar-refractivity contribution in [3.8, 4) is 0 Å². The highest BCUT2D eigenvalue weighted by Crippen LogP contribution is 2.29. The third-order valence-electron chi connectivity index (χ3n) is 3.64. The number of nitrogens with one attached hydrogen (secondary N) is 2. The fourth-order valence-corrected chi connectivity index (χ4v) is 2.52. The molecule has 0 spiro atoms. The fourth-order valence-electron chi connectivity index (χ4n) is 2.38. The van der Waals surface area contributed by atoms with Crippen molar-refractivity contribution in [1.82, 2.24) is 9.97 Å². The van der Waals surface area contributed by atoms with Crippen molar-refractivity contribution in [3.63, 3.8) is 0 Å². The Hall–Kier alpha value is -2.47. The molecule has 118 valence electrons. The first-order valence-corrected chi connectivity index (χ1v) is 7.41. The van der Waals surface area contributed by atoms with E-state index in [1.54, 1.807) is 18.5 Å². The number of aromatic nitrogens is 2. The molecular formula is C16H14ClFN4O. The summed E-state index contributed by atoms with van der Waals surface area (Å²) in [5.41, 5.74) is 2.31. The number of aryl methyl sites for hydroxylation is 1. The summed E-state index contributed by atoms with van der Waals surface area (Å²) in [5.74, 6) is -1.06. The van der Waals surface area contributed by atoms with Gasteiger partial charge < -0.3 is 10.6 Å². The maximum absolute atomic E-state index is 13.7. The Labute approximate surface area is 137 Å². The molecule has 0 fully saturated rings. The van der Waals surface area contributed by atoms with Gasteiger partial charge in [-0.2, -0.15) is 0 Å². The lowest BCUT2D eigenvalue weighted by molar-refractivity contribution is 0.102. The number of amides is 1. The molecule has 23 heavy (non-hydrogen) atoms. The minimum absolute atomic E-state index is 0.0322. The summed E-state index contributed by atoms with van der Waals surface area (Å²) in [6.07, 6.45) is 5.22. The highest BCUT2D eigenvalue weighted by molar-refractivity contribution is 6.29. The van der Waals surface area contributed by atoms with Crippen molar-refractivity contribution in [2.24, 2.45) is 0 Å². The molecular weight excluding hydrogens is 319 g/mol. The predicted octanol–water partition coefficient (Wildman–Crippen LogP) is 3.87. The first-order valence-electron chi connectivity index (χ1n) is 7.03. The van der Waals surface area contributed by atoms with Crippen LogP contribution in [0.5, 0.6) is 0 Å². The fraction of sp³-hybridized carbons (Fsp3) is 0.188. The molecule has 1 aliphatic rings. The molecule has 0 bridgehead atoms. The number of nitrogens with zero attached hydrogens (tertiary/aromatic N) is 2. The van der Waals surface area contributed by atoms with Gasteiger partial charge in [0.05, 0.1) is 16.9 Å². The van der Waals surface area contributed by atoms with Crippen molar-refractivity contribution >= 4 is 29.0 Å². The number of fused-ring (bicyclic) bond motifs is 2. The van der Waals surface area contributed by atoms with Crippen LogP contribution in [0.4, 0.5) is 15.9 Å². The summed E-state index contributed by atoms with van der Waals surface area (Å²) in [6, 6.07) is 2.87. The summed E-state index contributed by atoms with van der Waals surface area (Å²) in [5, 5.41) is 5.39. The zero-order valence-electron chi connectivity index (χ0n) is 12.5. The summed E-state index contributed by atoms with van der Waals surface area (Å²) < 4.78 is 13.7. The zero-order chi connectivity index (χ0) is 16.6. The lowest BCUT2D eigenvalue weighted by Gasteiger charge is -2.18. The monoisotopic (exact) mass is 332 g/mol. The average Bonchev–Trinajstić information content (AvgIpc) is 2.51. The van der Waals surface area contributed by atoms with Crippen molar-refractivity contribution in [3.05, 3.63) is 58.4 Å². The van der Waals surface area contributed by atoms with Crippen LogP contribution in [-0.2, 0) is 0 Å². The highest BCUT2D eigenvalue weighted by Gasteiger charge is 2.21. The van der Waals surface area contributed by atoms with Crippen LogP contribution >= 0.6 is 11.6 Å². The molecule has 1 aliphatic heterocycles. The molecule has 5 nitrogen and oxygen atoms in total. The first-order chi connectivity index (χ1) is 11.0. The van der Waals surface area contributed by atoms with Gasteiger partial charge in [-0.1, -0.05) is 24.6 Å². The highest BCUT2D eigenvalue weighted by atomic mass is 35.5. The second-order valence-corrected chi connectivity index (χ2v) is 5.65. The number of pyridine rings is 2. The zero-order valence-corrected chi connectivity index (χ0v) is 13.3. The minimum Gasteiger partial charge on any atom is -0.346 e. The molecule has 1 unspecified atom stereocenters. The summed E-state index contributed by atoms with van der Waals surface area (Å²) in [7, 11) is 0. The molecule has 1 amide bonds. The van der Waals surface area contributed by atoms with Gasteiger partial charge in [-0.3, -0.25) is 9.78 Å². The number of hydrogen-bond donors (Lipinski definition) is 2. The summed E-state index contributed by atoms with van der Waals surface area (Å²) in [4.78, 5) is 20.8. The van der Waals surface area contributed by atoms with E-state index in [1.165, 1.54) is 0 Å². The van der Waals surface area contributed by atoms with E-state index in [0.29, 0.717) is 5.69 Å². The number of rotatable bonds is 0. The molecule has 0 saturated heterocycles. The van der Waals surface area contributed by atoms with Crippen LogP contribution in [0.25, 0.3) is 0 Å². The van der Waals surface area contributed by atoms with Gasteiger partial charge in [0.15, 0.2) is 11.0 Å². The molecule has 0 aliphatic carbocycles. The molecule has 3 heterocycles. The van der Waals surface area contributed by atoms with E-state index in [4.69, 9.17) is 11.6 Å². The van der Waals surface area contributed by atoms with Crippen molar-refractivity contribution in [2.75, 3.05) is 10.6 Å². The molecule has 3 rings (SSSR count). The first kappa shape index (κ1) is 15.4. The quantitative estimate of drug-likeness (QED) is 0.719. The second kappa shape index (κ2) is 5.96. The molecule has 2 N–H and O–H groups in total. The van der Waals surface area contributed by atoms with E-state index < -0.39 is 11.7 Å². The van der Waals surface area contributed by atoms with Crippen LogP contribution in [0, 0.1) is 12.7 Å². The molecule has 7 heteroatoms. The van der Waals surface area contributed by atoms with E-state index in [1.807, 2.05) is 19.9 Å². The van der Waals surface area contributed by atoms with Crippen molar-refractivity contribution < 1.29 is 9.18 Å². The van der Waals surface area contributed by atoms with Gasteiger partial charge >= 0.3 is 0 Å². The smallest absolute Gasteiger partial charge is 0.259 e. The summed E-state index contributed by atoms with van der Waals surface area (Å²) in [6.45, 7) is 3.84. The van der Waals surface area contributed by atoms with Crippen LogP contribution in [-0.4, -0.2) is 15.9 Å². The number of carbonyl (C=O) groups excluding carboxylic acids is 1. The van der Waals surface area contributed by atoms with Crippen molar-refractivity contribution in [1.29, 1.82) is 0 Å². The van der Waals surface area contributed by atoms with Gasteiger partial charge in [0.2, 0.25) is 0 Å². The van der Waals surface area contributed by atoms with E-state index in [0.717, 1.165) is 17.3 Å². The molecule has 0 aromatic carbocycles. The number of allylic oxidation sites excluding steroid dienone is 1. The normalized spacial score (nSPS) is 18.3. The SMILES string of the molecule is Cc1ccnc2c1NC(=O)c1cc(F)c(Cl)nc1N/C=C\C2C. The molecule has 2 aromatic rings. The van der Waals surface area contributed by atoms with E-state index in [9.17, 15) is 9.18 Å². The number of hydrogen-bond acceptors (Lipinski definition) is 4. The van der Waals surface area contributed by atoms with Crippen LogP contribution in [0.3, 0.4) is 0 Å². The Morgan fingerprint density at radius 3 is 2.96 bits per heavy atom. The third kappa shape index (κ3) is 2.90. The Balaban J connectivity index is 2.16. The lowest BCUT2D eigenvalue weighted by Crippen LogP contribution is -2.19. The standard InChI is InChI=1S/C16H14ClFN4O/c1-8-4-6-20-15-10(7-11(18)14(17)22-15)16(23)21-13-9(2)3-5-19-12(8)13/h3-8H,1-2H3,(H,20,22)(H,21,23)/b6-4-. The molecule has 1 atom stereocenters.